The molecule has 22 heavy (non-hydrogen) atoms. The molecule has 1 unspecified atom stereocenters. The summed E-state index contributed by atoms with van der Waals surface area (Å²) < 4.78 is 0.450. The summed E-state index contributed by atoms with van der Waals surface area (Å²) in [6, 6.07) is 0. The molecule has 2 heterocycles. The van der Waals surface area contributed by atoms with Gasteiger partial charge < -0.3 is 20.2 Å². The second-order valence-electron chi connectivity index (χ2n) is 4.72. The smallest absolute Gasteiger partial charge is 0.543 e. The summed E-state index contributed by atoms with van der Waals surface area (Å²) in [7, 11) is 0. The Balaban J connectivity index is 0.00000242. The van der Waals surface area contributed by atoms with Crippen molar-refractivity contribution in [2.24, 2.45) is 11.1 Å². The van der Waals surface area contributed by atoms with Crippen LogP contribution in [0.5, 0.6) is 0 Å². The summed E-state index contributed by atoms with van der Waals surface area (Å²) in [6.45, 7) is 3.34. The molecule has 0 spiro atoms. The van der Waals surface area contributed by atoms with Gasteiger partial charge in [0.05, 0.1) is 33.6 Å². The monoisotopic (exact) mass is 354 g/mol. The van der Waals surface area contributed by atoms with E-state index in [1.54, 1.807) is 0 Å². The number of carbonyl (C=O) groups is 2. The van der Waals surface area contributed by atoms with E-state index in [0.717, 1.165) is 0 Å². The number of carboxylic acids is 1. The van der Waals surface area contributed by atoms with Crippen LogP contribution in [0.25, 0.3) is 0 Å². The second-order valence-corrected chi connectivity index (χ2v) is 7.09. The van der Waals surface area contributed by atoms with E-state index in [9.17, 15) is 19.8 Å². The predicted molar refractivity (Wildman–Crippen MR) is 77.4 cm³/mol. The first-order valence-corrected chi connectivity index (χ1v) is 8.24. The molecule has 1 fully saturated rings. The summed E-state index contributed by atoms with van der Waals surface area (Å²) in [6.07, 6.45) is -0.284. The van der Waals surface area contributed by atoms with Crippen molar-refractivity contribution in [2.75, 3.05) is 5.75 Å². The largest absolute Gasteiger partial charge is 1.00 e. The number of thioether (sulfide) groups is 2. The number of carbonyl (C=O) groups excluding carboxylic acids is 2. The number of amides is 1. The fraction of sp³-hybridized carbons (Fsp3) is 0.583. The molecule has 0 aromatic carbocycles. The van der Waals surface area contributed by atoms with Crippen molar-refractivity contribution in [1.29, 1.82) is 0 Å². The van der Waals surface area contributed by atoms with Crippen molar-refractivity contribution in [1.82, 2.24) is 4.90 Å². The van der Waals surface area contributed by atoms with Gasteiger partial charge >= 0.3 is 29.6 Å². The fourth-order valence-electron chi connectivity index (χ4n) is 2.19. The van der Waals surface area contributed by atoms with Crippen LogP contribution in [0.3, 0.4) is 0 Å². The maximum Gasteiger partial charge on any atom is 1.00 e. The number of rotatable bonds is 6. The van der Waals surface area contributed by atoms with E-state index in [-0.39, 0.29) is 35.3 Å². The van der Waals surface area contributed by atoms with Gasteiger partial charge in [-0.25, -0.2) is 0 Å². The normalized spacial score (nSPS) is 25.5. The molecule has 1 amide bonds. The first-order valence-electron chi connectivity index (χ1n) is 6.38. The van der Waals surface area contributed by atoms with Crippen LogP contribution in [-0.4, -0.2) is 50.0 Å². The molecule has 2 rings (SSSR count). The number of aliphatic hydroxyl groups excluding tert-OH is 1. The average Bonchev–Trinajstić information content (AvgIpc) is 2.74. The molecule has 7 nitrogen and oxygen atoms in total. The van der Waals surface area contributed by atoms with Crippen LogP contribution in [0.2, 0.25) is 0 Å². The first-order chi connectivity index (χ1) is 9.92. The van der Waals surface area contributed by atoms with Gasteiger partial charge in [0.15, 0.2) is 0 Å². The Hall–Kier alpha value is -0.190. The van der Waals surface area contributed by atoms with E-state index in [1.807, 2.05) is 6.92 Å². The van der Waals surface area contributed by atoms with Gasteiger partial charge in [-0.05, 0) is 13.3 Å². The molecule has 2 aliphatic rings. The van der Waals surface area contributed by atoms with Crippen molar-refractivity contribution < 1.29 is 54.6 Å². The Labute approximate surface area is 158 Å². The molecule has 10 heteroatoms. The predicted octanol–water partition coefficient (Wildman–Crippen LogP) is -3.21. The molecule has 0 bridgehead atoms. The third-order valence-corrected chi connectivity index (χ3v) is 6.11. The molecule has 1 saturated heterocycles. The van der Waals surface area contributed by atoms with Crippen molar-refractivity contribution in [3.63, 3.8) is 0 Å². The Morgan fingerprint density at radius 1 is 1.59 bits per heavy atom. The quantitative estimate of drug-likeness (QED) is 0.170. The molecular weight excluding hydrogens is 339 g/mol. The van der Waals surface area contributed by atoms with Gasteiger partial charge in [0.25, 0.3) is 0 Å². The van der Waals surface area contributed by atoms with Gasteiger partial charge in [0.1, 0.15) is 5.37 Å². The van der Waals surface area contributed by atoms with Crippen LogP contribution < -0.4 is 34.7 Å². The minimum atomic E-state index is -1.41. The molecule has 2 N–H and O–H groups in total. The SMILES string of the molecule is CCC(CSC1=C(C(=O)[O-])N2C(=O)[C@H](C(C)O)[C@H]2S1)=NO.[Na+]. The average molecular weight is 354 g/mol. The molecular formula is C12H15N2NaO5S2. The van der Waals surface area contributed by atoms with Crippen molar-refractivity contribution in [3.8, 4) is 0 Å². The maximum atomic E-state index is 11.9. The van der Waals surface area contributed by atoms with Crippen LogP contribution >= 0.6 is 23.5 Å². The zero-order chi connectivity index (χ0) is 15.7. The number of hydrogen-bond donors (Lipinski definition) is 2. The minimum Gasteiger partial charge on any atom is -0.543 e. The molecule has 0 aromatic rings. The van der Waals surface area contributed by atoms with Gasteiger partial charge in [0, 0.05) is 5.75 Å². The van der Waals surface area contributed by atoms with E-state index >= 15 is 0 Å². The van der Waals surface area contributed by atoms with Gasteiger partial charge in [-0.15, -0.1) is 11.8 Å². The fourth-order valence-corrected chi connectivity index (χ4v) is 5.13. The Kier molecular flexibility index (Phi) is 7.28. The summed E-state index contributed by atoms with van der Waals surface area (Å²) in [4.78, 5) is 24.4. The van der Waals surface area contributed by atoms with E-state index in [4.69, 9.17) is 5.21 Å². The zero-order valence-corrected chi connectivity index (χ0v) is 16.1. The number of β-lactam (4-membered cyclic amide) rings is 1. The minimum absolute atomic E-state index is 0. The van der Waals surface area contributed by atoms with E-state index < -0.39 is 29.3 Å². The number of carboxylic acid groups (broad SMARTS) is 1. The standard InChI is InChI=1S/C12H16N2O5S2.Na/c1-3-6(13-19)4-20-12-8(11(17)18)14-9(16)7(5(2)15)10(14)21-12;/h5,7,10,15,19H,3-4H2,1-2H3,(H,17,18);/q;+1/p-1/t5?,7-,10+;/m0./s1. The molecule has 0 aliphatic carbocycles. The number of fused-ring (bicyclic) bond motifs is 1. The summed E-state index contributed by atoms with van der Waals surface area (Å²) in [5, 5.41) is 32.4. The molecule has 3 atom stereocenters. The van der Waals surface area contributed by atoms with Crippen LogP contribution in [0.15, 0.2) is 15.1 Å². The van der Waals surface area contributed by atoms with Crippen molar-refractivity contribution in [2.45, 2.75) is 31.7 Å². The first kappa shape index (κ1) is 19.9. The van der Waals surface area contributed by atoms with Gasteiger partial charge in [0.2, 0.25) is 5.91 Å². The third-order valence-electron chi connectivity index (χ3n) is 3.38. The summed E-state index contributed by atoms with van der Waals surface area (Å²) >= 11 is 2.43. The van der Waals surface area contributed by atoms with Crippen LogP contribution in [0.1, 0.15) is 20.3 Å². The summed E-state index contributed by atoms with van der Waals surface area (Å²) in [5.74, 6) is -2.08. The third kappa shape index (κ3) is 3.49. The van der Waals surface area contributed by atoms with Crippen LogP contribution in [0.4, 0.5) is 0 Å². The number of nitrogens with zero attached hydrogens (tertiary/aromatic N) is 2. The Bertz CT molecular complexity index is 538. The van der Waals surface area contributed by atoms with E-state index in [0.29, 0.717) is 22.1 Å². The number of oxime groups is 1. The Morgan fingerprint density at radius 3 is 2.68 bits per heavy atom. The maximum absolute atomic E-state index is 11.9. The van der Waals surface area contributed by atoms with E-state index in [2.05, 4.69) is 5.16 Å². The van der Waals surface area contributed by atoms with Crippen molar-refractivity contribution >= 4 is 41.1 Å². The van der Waals surface area contributed by atoms with Gasteiger partial charge in [-0.1, -0.05) is 23.8 Å². The Morgan fingerprint density at radius 2 is 2.23 bits per heavy atom. The number of aliphatic hydroxyl groups is 1. The van der Waals surface area contributed by atoms with Gasteiger partial charge in [-0.3, -0.25) is 9.69 Å². The molecule has 2 aliphatic heterocycles. The van der Waals surface area contributed by atoms with Crippen molar-refractivity contribution in [3.05, 3.63) is 9.93 Å². The number of hydrogen-bond acceptors (Lipinski definition) is 8. The second kappa shape index (κ2) is 8.07. The summed E-state index contributed by atoms with van der Waals surface area (Å²) in [5.41, 5.74) is 0.378. The van der Waals surface area contributed by atoms with E-state index in [1.165, 1.54) is 35.3 Å². The molecule has 0 aromatic heterocycles. The molecule has 0 saturated carbocycles. The van der Waals surface area contributed by atoms with Crippen LogP contribution in [-0.2, 0) is 9.59 Å². The van der Waals surface area contributed by atoms with Crippen LogP contribution in [0, 0.1) is 5.92 Å². The molecule has 116 valence electrons. The molecule has 0 radical (unpaired) electrons. The number of aliphatic carboxylic acids is 1. The van der Waals surface area contributed by atoms with Gasteiger partial charge in [-0.2, -0.15) is 0 Å². The zero-order valence-electron chi connectivity index (χ0n) is 12.5. The topological polar surface area (TPSA) is 113 Å².